The number of rotatable bonds is 71. The van der Waals surface area contributed by atoms with E-state index in [4.69, 9.17) is 37.0 Å². The highest BCUT2D eigenvalue weighted by atomic mass is 31.2. The van der Waals surface area contributed by atoms with Gasteiger partial charge in [-0.3, -0.25) is 37.3 Å². The topological polar surface area (TPSA) is 237 Å². The van der Waals surface area contributed by atoms with Crippen molar-refractivity contribution in [2.75, 3.05) is 39.6 Å². The Bertz CT molecular complexity index is 2160. The third-order valence-electron chi connectivity index (χ3n) is 15.9. The molecule has 0 rings (SSSR count). The molecule has 0 heterocycles. The number of phosphoric acid groups is 2. The molecule has 0 saturated heterocycles. The molecule has 5 atom stereocenters. The van der Waals surface area contributed by atoms with Gasteiger partial charge in [-0.1, -0.05) is 280 Å². The Labute approximate surface area is 583 Å². The zero-order valence-electron chi connectivity index (χ0n) is 60.5. The van der Waals surface area contributed by atoms with Crippen LogP contribution in [0.1, 0.15) is 323 Å². The minimum absolute atomic E-state index is 0.0670. The van der Waals surface area contributed by atoms with Gasteiger partial charge in [0.25, 0.3) is 0 Å². The van der Waals surface area contributed by atoms with Crippen molar-refractivity contribution < 1.29 is 80.2 Å². The number of aliphatic hydroxyl groups is 1. The number of aliphatic hydroxyl groups excluding tert-OH is 1. The predicted molar refractivity (Wildman–Crippen MR) is 390 cm³/mol. The van der Waals surface area contributed by atoms with E-state index >= 15 is 0 Å². The van der Waals surface area contributed by atoms with Gasteiger partial charge in [0.1, 0.15) is 19.3 Å². The van der Waals surface area contributed by atoms with Gasteiger partial charge in [0.15, 0.2) is 12.2 Å². The molecule has 5 unspecified atom stereocenters. The van der Waals surface area contributed by atoms with Crippen molar-refractivity contribution in [3.8, 4) is 0 Å². The molecule has 0 aliphatic rings. The van der Waals surface area contributed by atoms with Crippen molar-refractivity contribution in [1.82, 2.24) is 0 Å². The highest BCUT2D eigenvalue weighted by Crippen LogP contribution is 2.45. The van der Waals surface area contributed by atoms with Gasteiger partial charge in [0.05, 0.1) is 32.8 Å². The van der Waals surface area contributed by atoms with Crippen LogP contribution in [-0.4, -0.2) is 96.7 Å². The van der Waals surface area contributed by atoms with E-state index in [1.165, 1.54) is 116 Å². The number of unbranched alkanes of at least 4 members (excludes halogenated alkanes) is 32. The number of carbonyl (C=O) groups is 4. The highest BCUT2D eigenvalue weighted by molar-refractivity contribution is 7.47. The van der Waals surface area contributed by atoms with E-state index in [2.05, 4.69) is 88.5 Å². The summed E-state index contributed by atoms with van der Waals surface area (Å²) < 4.78 is 68.3. The number of ether oxygens (including phenoxy) is 4. The lowest BCUT2D eigenvalue weighted by Crippen LogP contribution is -2.30. The van der Waals surface area contributed by atoms with Gasteiger partial charge in [0, 0.05) is 19.3 Å². The average Bonchev–Trinajstić information content (AvgIpc) is 1.09. The van der Waals surface area contributed by atoms with E-state index < -0.39 is 97.5 Å². The maximum atomic E-state index is 13.1. The minimum Gasteiger partial charge on any atom is -0.462 e. The summed E-state index contributed by atoms with van der Waals surface area (Å²) in [7, 11) is -9.96. The second kappa shape index (κ2) is 69.7. The summed E-state index contributed by atoms with van der Waals surface area (Å²) >= 11 is 0. The Kier molecular flexibility index (Phi) is 67.0. The molecule has 19 heteroatoms. The van der Waals surface area contributed by atoms with E-state index in [9.17, 15) is 43.2 Å². The third kappa shape index (κ3) is 68.8. The summed E-state index contributed by atoms with van der Waals surface area (Å²) in [6.07, 6.45) is 70.4. The van der Waals surface area contributed by atoms with E-state index in [1.54, 1.807) is 6.08 Å². The molecule has 0 aliphatic carbocycles. The molecule has 556 valence electrons. The molecule has 0 radical (unpaired) electrons. The fourth-order valence-corrected chi connectivity index (χ4v) is 11.7. The van der Waals surface area contributed by atoms with Crippen LogP contribution in [0.4, 0.5) is 0 Å². The maximum absolute atomic E-state index is 13.1. The molecule has 0 spiro atoms. The smallest absolute Gasteiger partial charge is 0.462 e. The fourth-order valence-electron chi connectivity index (χ4n) is 10.1. The summed E-state index contributed by atoms with van der Waals surface area (Å²) in [4.78, 5) is 72.7. The summed E-state index contributed by atoms with van der Waals surface area (Å²) in [5.74, 6) is -2.32. The lowest BCUT2D eigenvalue weighted by Gasteiger charge is -2.21. The van der Waals surface area contributed by atoms with Crippen LogP contribution in [-0.2, 0) is 65.4 Å². The van der Waals surface area contributed by atoms with Crippen molar-refractivity contribution in [2.24, 2.45) is 0 Å². The van der Waals surface area contributed by atoms with E-state index in [-0.39, 0.29) is 25.7 Å². The SMILES string of the molecule is CC/C=C\C/C=C\C/C=C\C/C=C\C/C=C\CC(=O)OCC(COP(=O)(O)OCC(O)COP(=O)(O)OCC(COC(=O)CCCCCCC/C=C\CCCCCCCC)OC(=O)CCCCCCCCCCCCC)OC(=O)CCCCCCC/C=C\CCCCCCCC. The summed E-state index contributed by atoms with van der Waals surface area (Å²) in [6.45, 7) is 4.64. The lowest BCUT2D eigenvalue weighted by molar-refractivity contribution is -0.161. The molecule has 17 nitrogen and oxygen atoms in total. The van der Waals surface area contributed by atoms with Gasteiger partial charge >= 0.3 is 39.5 Å². The molecule has 0 fully saturated rings. The van der Waals surface area contributed by atoms with Gasteiger partial charge in [-0.05, 0) is 103 Å². The number of carbonyl (C=O) groups excluding carboxylic acids is 4. The molecule has 3 N–H and O–H groups in total. The van der Waals surface area contributed by atoms with Gasteiger partial charge in [0.2, 0.25) is 0 Å². The predicted octanol–water partition coefficient (Wildman–Crippen LogP) is 21.4. The number of phosphoric ester groups is 2. The van der Waals surface area contributed by atoms with E-state index in [0.29, 0.717) is 25.7 Å². The number of hydrogen-bond acceptors (Lipinski definition) is 15. The molecule has 0 aromatic carbocycles. The van der Waals surface area contributed by atoms with Gasteiger partial charge in [-0.2, -0.15) is 0 Å². The molecule has 96 heavy (non-hydrogen) atoms. The Morgan fingerprint density at radius 2 is 0.583 bits per heavy atom. The van der Waals surface area contributed by atoms with Crippen LogP contribution in [0.2, 0.25) is 0 Å². The lowest BCUT2D eigenvalue weighted by atomic mass is 10.1. The van der Waals surface area contributed by atoms with Crippen LogP contribution < -0.4 is 0 Å². The monoisotopic (exact) mass is 1390 g/mol. The summed E-state index contributed by atoms with van der Waals surface area (Å²) in [5, 5.41) is 10.6. The van der Waals surface area contributed by atoms with Crippen LogP contribution in [0.3, 0.4) is 0 Å². The normalized spacial score (nSPS) is 14.4. The van der Waals surface area contributed by atoms with Crippen LogP contribution in [0.15, 0.2) is 85.1 Å². The zero-order chi connectivity index (χ0) is 70.4. The Morgan fingerprint density at radius 1 is 0.312 bits per heavy atom. The standard InChI is InChI=1S/C77H136O17P2/c1-5-9-13-17-21-25-29-32-35-38-42-45-49-53-57-61-74(79)87-67-72(93-76(81)63-59-55-51-47-41-28-24-20-16-12-8-4)69-91-95(83,84)89-65-71(78)66-90-96(85,86)92-70-73(94-77(82)64-60-56-52-48-44-40-37-34-31-27-23-19-15-11-7-3)68-88-75(80)62-58-54-50-46-43-39-36-33-30-26-22-18-14-10-6-2/h10,14,22,26,32-37,43,46,54,58,71-73,78H,5-9,11-13,15-21,23-25,27-31,38-42,44-45,47-53,55-57,59-70H2,1-4H3,(H,83,84)(H,85,86)/b14-10-,26-22-,35-32-,36-33-,37-34-,46-43-,58-54-. The minimum atomic E-state index is -4.99. The fraction of sp³-hybridized carbons (Fsp3) is 0.766. The molecular weight excluding hydrogens is 1260 g/mol. The van der Waals surface area contributed by atoms with Gasteiger partial charge in [-0.15, -0.1) is 0 Å². The first-order valence-electron chi connectivity index (χ1n) is 37.8. The first kappa shape index (κ1) is 92.2. The van der Waals surface area contributed by atoms with E-state index in [0.717, 1.165) is 128 Å². The van der Waals surface area contributed by atoms with Crippen LogP contribution >= 0.6 is 15.6 Å². The van der Waals surface area contributed by atoms with Crippen molar-refractivity contribution >= 4 is 39.5 Å². The summed E-state index contributed by atoms with van der Waals surface area (Å²) in [6, 6.07) is 0. The first-order chi connectivity index (χ1) is 46.7. The van der Waals surface area contributed by atoms with Gasteiger partial charge < -0.3 is 33.8 Å². The molecule has 0 bridgehead atoms. The second-order valence-corrected chi connectivity index (χ2v) is 28.1. The highest BCUT2D eigenvalue weighted by Gasteiger charge is 2.30. The van der Waals surface area contributed by atoms with Crippen molar-refractivity contribution in [3.63, 3.8) is 0 Å². The number of allylic oxidation sites excluding steroid dienone is 13. The van der Waals surface area contributed by atoms with Crippen LogP contribution in [0, 0.1) is 0 Å². The number of hydrogen-bond donors (Lipinski definition) is 3. The molecule has 0 aliphatic heterocycles. The molecular formula is C77H136O17P2. The maximum Gasteiger partial charge on any atom is 0.472 e. The molecule has 0 aromatic heterocycles. The largest absolute Gasteiger partial charge is 0.472 e. The van der Waals surface area contributed by atoms with Crippen molar-refractivity contribution in [1.29, 1.82) is 0 Å². The second-order valence-electron chi connectivity index (χ2n) is 25.2. The van der Waals surface area contributed by atoms with Crippen LogP contribution in [0.5, 0.6) is 0 Å². The quantitative estimate of drug-likeness (QED) is 0.0169. The Hall–Kier alpha value is -3.76. The van der Waals surface area contributed by atoms with E-state index in [1.807, 2.05) is 18.2 Å². The van der Waals surface area contributed by atoms with Crippen molar-refractivity contribution in [2.45, 2.75) is 341 Å². The van der Waals surface area contributed by atoms with Crippen molar-refractivity contribution in [3.05, 3.63) is 85.1 Å². The first-order valence-corrected chi connectivity index (χ1v) is 40.8. The van der Waals surface area contributed by atoms with Crippen LogP contribution in [0.25, 0.3) is 0 Å². The Morgan fingerprint density at radius 3 is 0.917 bits per heavy atom. The number of esters is 4. The average molecular weight is 1400 g/mol. The Balaban J connectivity index is 5.38. The zero-order valence-corrected chi connectivity index (χ0v) is 62.3. The summed E-state index contributed by atoms with van der Waals surface area (Å²) in [5.41, 5.74) is 0. The molecule has 0 amide bonds. The molecule has 0 aromatic rings. The molecule has 0 saturated carbocycles. The van der Waals surface area contributed by atoms with Gasteiger partial charge in [-0.25, -0.2) is 9.13 Å². The third-order valence-corrected chi connectivity index (χ3v) is 17.8.